The smallest absolute Gasteiger partial charge is 0.306 e. The number of unbranched alkanes of at least 4 members (excludes halogenated alkanes) is 14. The number of rotatable bonds is 50. The predicted molar refractivity (Wildman–Crippen MR) is 315 cm³/mol. The van der Waals surface area contributed by atoms with Crippen molar-refractivity contribution < 1.29 is 24.2 Å². The number of aliphatic hydroxyl groups excluding tert-OH is 1. The summed E-state index contributed by atoms with van der Waals surface area (Å²) >= 11 is 0. The van der Waals surface area contributed by atoms with Gasteiger partial charge < -0.3 is 14.6 Å². The molecule has 0 radical (unpaired) electrons. The Morgan fingerprint density at radius 2 is 0.569 bits per heavy atom. The Morgan fingerprint density at radius 3 is 0.875 bits per heavy atom. The Labute approximate surface area is 443 Å². The van der Waals surface area contributed by atoms with E-state index in [0.29, 0.717) is 19.3 Å². The quantitative estimate of drug-likeness (QED) is 0.0373. The normalized spacial score (nSPS) is 13.5. The zero-order valence-electron chi connectivity index (χ0n) is 45.9. The van der Waals surface area contributed by atoms with E-state index in [-0.39, 0.29) is 25.2 Å². The Kier molecular flexibility index (Phi) is 56.6. The molecular weight excluding hydrogens is 885 g/mol. The van der Waals surface area contributed by atoms with Gasteiger partial charge in [0.15, 0.2) is 6.10 Å². The molecule has 0 spiro atoms. The van der Waals surface area contributed by atoms with Gasteiger partial charge in [0.1, 0.15) is 6.61 Å². The lowest BCUT2D eigenvalue weighted by Gasteiger charge is -2.15. The second-order valence-corrected chi connectivity index (χ2v) is 18.2. The summed E-state index contributed by atoms with van der Waals surface area (Å²) in [7, 11) is 0. The lowest BCUT2D eigenvalue weighted by molar-refractivity contribution is -0.161. The van der Waals surface area contributed by atoms with Crippen molar-refractivity contribution in [2.45, 2.75) is 225 Å². The van der Waals surface area contributed by atoms with Gasteiger partial charge in [0.25, 0.3) is 0 Å². The maximum atomic E-state index is 12.3. The van der Waals surface area contributed by atoms with Crippen LogP contribution < -0.4 is 0 Å². The topological polar surface area (TPSA) is 72.8 Å². The number of esters is 2. The molecule has 0 aromatic heterocycles. The molecule has 0 saturated heterocycles. The third-order valence-corrected chi connectivity index (χ3v) is 11.5. The molecule has 0 aromatic carbocycles. The number of allylic oxidation sites excluding steroid dienone is 28. The highest BCUT2D eigenvalue weighted by atomic mass is 16.6. The fourth-order valence-corrected chi connectivity index (χ4v) is 7.29. The molecule has 1 unspecified atom stereocenters. The van der Waals surface area contributed by atoms with Gasteiger partial charge in [0.05, 0.1) is 6.61 Å². The Hall–Kier alpha value is -4.74. The van der Waals surface area contributed by atoms with Crippen LogP contribution in [-0.2, 0) is 19.1 Å². The molecule has 0 bridgehead atoms. The standard InChI is InChI=1S/C67H104O5/c1-3-5-7-9-11-13-15-17-19-21-23-25-27-28-29-30-31-32-33-34-35-36-37-38-40-42-44-46-48-50-52-54-56-58-60-62-67(70)72-65(63-68)64-71-66(69)61-59-57-55-53-51-49-47-45-43-41-39-26-24-22-20-18-16-14-12-10-8-6-4-2/h5-8,11-14,17-20,23-26,28-29,31-32,34-35,41,43,47,49,53,55,65,68H,3-4,9-10,15-16,21-22,27,30,33,36-40,42,44-46,48,50-52,54,56-64H2,1-2H3/b7-5-,8-6-,13-11-,14-12-,19-17-,20-18-,25-23-,26-24-,29-28-,32-31-,35-34-,43-41-,49-47-,55-53-. The summed E-state index contributed by atoms with van der Waals surface area (Å²) in [5.74, 6) is -0.673. The van der Waals surface area contributed by atoms with Crippen LogP contribution in [0, 0.1) is 0 Å². The summed E-state index contributed by atoms with van der Waals surface area (Å²) < 4.78 is 10.7. The molecule has 0 aliphatic carbocycles. The van der Waals surface area contributed by atoms with Crippen LogP contribution in [0.25, 0.3) is 0 Å². The van der Waals surface area contributed by atoms with Gasteiger partial charge in [0, 0.05) is 12.8 Å². The highest BCUT2D eigenvalue weighted by Crippen LogP contribution is 2.14. The number of aliphatic hydroxyl groups is 1. The second kappa shape index (κ2) is 60.6. The van der Waals surface area contributed by atoms with Crippen molar-refractivity contribution in [2.24, 2.45) is 0 Å². The van der Waals surface area contributed by atoms with E-state index >= 15 is 0 Å². The van der Waals surface area contributed by atoms with Crippen LogP contribution in [0.5, 0.6) is 0 Å². The van der Waals surface area contributed by atoms with Crippen LogP contribution in [0.2, 0.25) is 0 Å². The minimum Gasteiger partial charge on any atom is -0.462 e. The van der Waals surface area contributed by atoms with Crippen molar-refractivity contribution >= 4 is 11.9 Å². The molecule has 0 fully saturated rings. The monoisotopic (exact) mass is 989 g/mol. The van der Waals surface area contributed by atoms with Gasteiger partial charge in [-0.25, -0.2) is 0 Å². The molecule has 0 aromatic rings. The summed E-state index contributed by atoms with van der Waals surface area (Å²) in [4.78, 5) is 24.5. The zero-order valence-corrected chi connectivity index (χ0v) is 45.9. The first-order valence-electron chi connectivity index (χ1n) is 28.7. The van der Waals surface area contributed by atoms with E-state index in [1.165, 1.54) is 70.6 Å². The van der Waals surface area contributed by atoms with Gasteiger partial charge >= 0.3 is 11.9 Å². The molecule has 5 heteroatoms. The first-order chi connectivity index (χ1) is 35.6. The van der Waals surface area contributed by atoms with Gasteiger partial charge in [-0.1, -0.05) is 255 Å². The average molecular weight is 990 g/mol. The van der Waals surface area contributed by atoms with E-state index < -0.39 is 6.10 Å². The maximum Gasteiger partial charge on any atom is 0.306 e. The van der Waals surface area contributed by atoms with Gasteiger partial charge in [-0.05, 0) is 122 Å². The highest BCUT2D eigenvalue weighted by molar-refractivity contribution is 5.70. The largest absolute Gasteiger partial charge is 0.462 e. The van der Waals surface area contributed by atoms with E-state index in [1.807, 2.05) is 0 Å². The summed E-state index contributed by atoms with van der Waals surface area (Å²) in [5.41, 5.74) is 0. The Balaban J connectivity index is 3.63. The number of carbonyl (C=O) groups is 2. The van der Waals surface area contributed by atoms with Gasteiger partial charge in [-0.3, -0.25) is 9.59 Å². The lowest BCUT2D eigenvalue weighted by atomic mass is 10.0. The van der Waals surface area contributed by atoms with Crippen LogP contribution in [0.1, 0.15) is 219 Å². The summed E-state index contributed by atoms with van der Waals surface area (Å²) in [6.45, 7) is 3.85. The van der Waals surface area contributed by atoms with Crippen molar-refractivity contribution in [1.82, 2.24) is 0 Å². The van der Waals surface area contributed by atoms with Crippen molar-refractivity contribution in [2.75, 3.05) is 13.2 Å². The third kappa shape index (κ3) is 57.8. The van der Waals surface area contributed by atoms with Crippen molar-refractivity contribution in [3.8, 4) is 0 Å². The van der Waals surface area contributed by atoms with Crippen molar-refractivity contribution in [1.29, 1.82) is 0 Å². The zero-order chi connectivity index (χ0) is 52.0. The van der Waals surface area contributed by atoms with E-state index in [4.69, 9.17) is 9.47 Å². The van der Waals surface area contributed by atoms with Gasteiger partial charge in [0.2, 0.25) is 0 Å². The van der Waals surface area contributed by atoms with E-state index in [0.717, 1.165) is 116 Å². The first-order valence-corrected chi connectivity index (χ1v) is 28.7. The molecule has 402 valence electrons. The number of hydrogen-bond donors (Lipinski definition) is 1. The molecule has 0 amide bonds. The molecule has 0 saturated carbocycles. The molecule has 5 nitrogen and oxygen atoms in total. The summed E-state index contributed by atoms with van der Waals surface area (Å²) in [6.07, 6.45) is 94.7. The van der Waals surface area contributed by atoms with Crippen molar-refractivity contribution in [3.63, 3.8) is 0 Å². The van der Waals surface area contributed by atoms with Crippen LogP contribution in [0.15, 0.2) is 170 Å². The van der Waals surface area contributed by atoms with Gasteiger partial charge in [-0.15, -0.1) is 0 Å². The lowest BCUT2D eigenvalue weighted by Crippen LogP contribution is -2.28. The number of hydrogen-bond acceptors (Lipinski definition) is 5. The van der Waals surface area contributed by atoms with E-state index in [9.17, 15) is 14.7 Å². The number of carbonyl (C=O) groups excluding carboxylic acids is 2. The van der Waals surface area contributed by atoms with Crippen LogP contribution in [-0.4, -0.2) is 36.4 Å². The van der Waals surface area contributed by atoms with E-state index in [2.05, 4.69) is 184 Å². The minimum atomic E-state index is -0.810. The Bertz CT molecular complexity index is 1640. The Morgan fingerprint density at radius 1 is 0.319 bits per heavy atom. The molecule has 1 atom stereocenters. The minimum absolute atomic E-state index is 0.107. The molecule has 72 heavy (non-hydrogen) atoms. The average Bonchev–Trinajstić information content (AvgIpc) is 3.38. The van der Waals surface area contributed by atoms with Crippen LogP contribution >= 0.6 is 0 Å². The van der Waals surface area contributed by atoms with E-state index in [1.54, 1.807) is 0 Å². The third-order valence-electron chi connectivity index (χ3n) is 11.5. The molecule has 0 aliphatic heterocycles. The van der Waals surface area contributed by atoms with Gasteiger partial charge in [-0.2, -0.15) is 0 Å². The molecule has 1 N–H and O–H groups in total. The number of ether oxygens (including phenoxy) is 2. The fourth-order valence-electron chi connectivity index (χ4n) is 7.29. The summed E-state index contributed by atoms with van der Waals surface area (Å²) in [6, 6.07) is 0. The second-order valence-electron chi connectivity index (χ2n) is 18.2. The van der Waals surface area contributed by atoms with Crippen LogP contribution in [0.3, 0.4) is 0 Å². The van der Waals surface area contributed by atoms with Crippen LogP contribution in [0.4, 0.5) is 0 Å². The molecular formula is C67H104O5. The summed E-state index contributed by atoms with van der Waals surface area (Å²) in [5, 5.41) is 9.65. The van der Waals surface area contributed by atoms with Crippen molar-refractivity contribution in [3.05, 3.63) is 170 Å². The SMILES string of the molecule is CC/C=C\C/C=C\C/C=C\C/C=C\C/C=C\C/C=C\C/C=C\CCCCCCCCCCCCCCCC(=O)OC(CO)COC(=O)CCC/C=C\C/C=C\C/C=C\C/C=C\C/C=C\C/C=C\C/C=C\CC. The fraction of sp³-hybridized carbons (Fsp3) is 0.552. The highest BCUT2D eigenvalue weighted by Gasteiger charge is 2.16. The maximum absolute atomic E-state index is 12.3. The molecule has 0 heterocycles. The molecule has 0 rings (SSSR count). The molecule has 0 aliphatic rings. The first kappa shape index (κ1) is 67.3. The predicted octanol–water partition coefficient (Wildman–Crippen LogP) is 19.7.